The van der Waals surface area contributed by atoms with Gasteiger partial charge in [0.05, 0.1) is 11.7 Å². The molecule has 1 fully saturated rings. The highest BCUT2D eigenvalue weighted by Crippen LogP contribution is 2.33. The van der Waals surface area contributed by atoms with Crippen molar-refractivity contribution in [3.8, 4) is 5.82 Å². The van der Waals surface area contributed by atoms with Crippen molar-refractivity contribution < 1.29 is 13.6 Å². The molecule has 130 valence electrons. The van der Waals surface area contributed by atoms with E-state index < -0.39 is 11.8 Å². The van der Waals surface area contributed by atoms with E-state index in [0.29, 0.717) is 11.3 Å². The van der Waals surface area contributed by atoms with Crippen molar-refractivity contribution >= 4 is 16.8 Å². The van der Waals surface area contributed by atoms with Gasteiger partial charge in [-0.3, -0.25) is 14.5 Å². The third kappa shape index (κ3) is 3.09. The molecule has 7 nitrogen and oxygen atoms in total. The first-order chi connectivity index (χ1) is 12.0. The molecule has 3 aromatic heterocycles. The number of alkyl halides is 2. The molecule has 0 spiro atoms. The van der Waals surface area contributed by atoms with Crippen molar-refractivity contribution in [2.24, 2.45) is 0 Å². The molecule has 4 rings (SSSR count). The molecule has 0 atom stereocenters. The van der Waals surface area contributed by atoms with Crippen LogP contribution in [0.2, 0.25) is 0 Å². The second-order valence-corrected chi connectivity index (χ2v) is 6.24. The maximum atomic E-state index is 13.3. The normalized spacial score (nSPS) is 17.7. The van der Waals surface area contributed by atoms with Gasteiger partial charge < -0.3 is 5.32 Å². The number of halogens is 2. The van der Waals surface area contributed by atoms with Gasteiger partial charge in [-0.2, -0.15) is 5.10 Å². The number of fused-ring (bicyclic) bond motifs is 1. The van der Waals surface area contributed by atoms with Crippen molar-refractivity contribution in [2.75, 3.05) is 0 Å². The monoisotopic (exact) mass is 346 g/mol. The summed E-state index contributed by atoms with van der Waals surface area (Å²) in [5, 5.41) is 10.3. The van der Waals surface area contributed by atoms with E-state index in [-0.39, 0.29) is 37.4 Å². The fourth-order valence-electron chi connectivity index (χ4n) is 3.07. The van der Waals surface area contributed by atoms with Gasteiger partial charge in [0.25, 0.3) is 5.91 Å². The Balaban J connectivity index is 1.62. The smallest absolute Gasteiger partial charge is 0.272 e. The lowest BCUT2D eigenvalue weighted by atomic mass is 9.92. The Hall–Kier alpha value is -2.84. The van der Waals surface area contributed by atoms with E-state index in [1.807, 2.05) is 0 Å². The molecule has 1 amide bonds. The number of aromatic nitrogens is 5. The Kier molecular flexibility index (Phi) is 3.70. The summed E-state index contributed by atoms with van der Waals surface area (Å²) in [7, 11) is 0. The Morgan fingerprint density at radius 2 is 2.16 bits per heavy atom. The van der Waals surface area contributed by atoms with Crippen LogP contribution in [0, 0.1) is 0 Å². The quantitative estimate of drug-likeness (QED) is 0.762. The van der Waals surface area contributed by atoms with E-state index in [4.69, 9.17) is 0 Å². The molecule has 1 saturated carbocycles. The third-order valence-electron chi connectivity index (χ3n) is 4.45. The molecule has 0 bridgehead atoms. The molecule has 1 aliphatic carbocycles. The lowest BCUT2D eigenvalue weighted by molar-refractivity contribution is -0.0399. The number of carbonyl (C=O) groups is 1. The number of imidazole rings is 1. The summed E-state index contributed by atoms with van der Waals surface area (Å²) in [4.78, 5) is 21.1. The van der Waals surface area contributed by atoms with E-state index in [1.165, 1.54) is 0 Å². The summed E-state index contributed by atoms with van der Waals surface area (Å²) >= 11 is 0. The summed E-state index contributed by atoms with van der Waals surface area (Å²) in [6, 6.07) is 1.52. The highest BCUT2D eigenvalue weighted by molar-refractivity contribution is 6.04. The summed E-state index contributed by atoms with van der Waals surface area (Å²) in [5.41, 5.74) is 0.707. The van der Waals surface area contributed by atoms with Crippen LogP contribution in [0.5, 0.6) is 0 Å². The van der Waals surface area contributed by atoms with E-state index >= 15 is 0 Å². The zero-order valence-corrected chi connectivity index (χ0v) is 13.2. The molecule has 0 unspecified atom stereocenters. The van der Waals surface area contributed by atoms with Crippen molar-refractivity contribution in [1.29, 1.82) is 0 Å². The largest absolute Gasteiger partial charge is 0.348 e. The molecular formula is C16H16F2N6O. The first-order valence-corrected chi connectivity index (χ1v) is 8.03. The predicted octanol–water partition coefficient (Wildman–Crippen LogP) is 2.45. The predicted molar refractivity (Wildman–Crippen MR) is 85.7 cm³/mol. The second-order valence-electron chi connectivity index (χ2n) is 6.24. The number of H-pyrrole nitrogens is 1. The fourth-order valence-corrected chi connectivity index (χ4v) is 3.07. The summed E-state index contributed by atoms with van der Waals surface area (Å²) in [6.45, 7) is 0. The van der Waals surface area contributed by atoms with Crippen LogP contribution in [0.15, 0.2) is 31.0 Å². The Labute approximate surface area is 141 Å². The number of hydrogen-bond donors (Lipinski definition) is 2. The minimum absolute atomic E-state index is 0.191. The number of rotatable bonds is 3. The van der Waals surface area contributed by atoms with Crippen molar-refractivity contribution in [1.82, 2.24) is 30.0 Å². The maximum Gasteiger partial charge on any atom is 0.272 e. The van der Waals surface area contributed by atoms with Gasteiger partial charge in [-0.1, -0.05) is 0 Å². The van der Waals surface area contributed by atoms with Gasteiger partial charge in [0.2, 0.25) is 5.92 Å². The SMILES string of the molecule is O=C(NC1CCC(F)(F)CC1)c1nc(-n2ccnc2)cc2cn[nH]c12. The molecule has 0 saturated heterocycles. The van der Waals surface area contributed by atoms with Crippen LogP contribution in [0.25, 0.3) is 16.7 Å². The number of carbonyl (C=O) groups excluding carboxylic acids is 1. The number of pyridine rings is 1. The lowest BCUT2D eigenvalue weighted by Crippen LogP contribution is -2.40. The first-order valence-electron chi connectivity index (χ1n) is 8.03. The average Bonchev–Trinajstić information content (AvgIpc) is 3.26. The Morgan fingerprint density at radius 1 is 1.36 bits per heavy atom. The maximum absolute atomic E-state index is 13.3. The Morgan fingerprint density at radius 3 is 2.88 bits per heavy atom. The molecule has 25 heavy (non-hydrogen) atoms. The third-order valence-corrected chi connectivity index (χ3v) is 4.45. The minimum Gasteiger partial charge on any atom is -0.348 e. The second kappa shape index (κ2) is 5.91. The minimum atomic E-state index is -2.63. The molecule has 0 aliphatic heterocycles. The van der Waals surface area contributed by atoms with Crippen LogP contribution >= 0.6 is 0 Å². The number of hydrogen-bond acceptors (Lipinski definition) is 4. The van der Waals surface area contributed by atoms with Gasteiger partial charge in [0.1, 0.15) is 12.1 Å². The topological polar surface area (TPSA) is 88.5 Å². The number of amides is 1. The van der Waals surface area contributed by atoms with E-state index in [1.54, 1.807) is 35.6 Å². The zero-order valence-electron chi connectivity index (χ0n) is 13.2. The summed E-state index contributed by atoms with van der Waals surface area (Å²) < 4.78 is 28.2. The van der Waals surface area contributed by atoms with Crippen LogP contribution in [0.1, 0.15) is 36.2 Å². The van der Waals surface area contributed by atoms with Crippen molar-refractivity contribution in [3.63, 3.8) is 0 Å². The van der Waals surface area contributed by atoms with Crippen LogP contribution < -0.4 is 5.32 Å². The van der Waals surface area contributed by atoms with E-state index in [9.17, 15) is 13.6 Å². The summed E-state index contributed by atoms with van der Waals surface area (Å²) in [5.74, 6) is -2.49. The van der Waals surface area contributed by atoms with E-state index in [0.717, 1.165) is 5.39 Å². The highest BCUT2D eigenvalue weighted by atomic mass is 19.3. The number of aromatic amines is 1. The van der Waals surface area contributed by atoms with Gasteiger partial charge in [-0.05, 0) is 18.9 Å². The summed E-state index contributed by atoms with van der Waals surface area (Å²) in [6.07, 6.45) is 6.62. The molecule has 0 aromatic carbocycles. The van der Waals surface area contributed by atoms with Crippen LogP contribution in [0.4, 0.5) is 8.78 Å². The van der Waals surface area contributed by atoms with Crippen LogP contribution in [-0.2, 0) is 0 Å². The van der Waals surface area contributed by atoms with Crippen LogP contribution in [0.3, 0.4) is 0 Å². The highest BCUT2D eigenvalue weighted by Gasteiger charge is 2.35. The van der Waals surface area contributed by atoms with Crippen molar-refractivity contribution in [3.05, 3.63) is 36.7 Å². The Bertz CT molecular complexity index is 895. The molecule has 3 aromatic rings. The molecule has 3 heterocycles. The molecule has 2 N–H and O–H groups in total. The zero-order chi connectivity index (χ0) is 17.4. The number of nitrogens with one attached hydrogen (secondary N) is 2. The van der Waals surface area contributed by atoms with Crippen molar-refractivity contribution in [2.45, 2.75) is 37.6 Å². The van der Waals surface area contributed by atoms with Gasteiger partial charge in [-0.25, -0.2) is 18.7 Å². The van der Waals surface area contributed by atoms with E-state index in [2.05, 4.69) is 25.5 Å². The van der Waals surface area contributed by atoms with Gasteiger partial charge in [0.15, 0.2) is 5.69 Å². The van der Waals surface area contributed by atoms with Gasteiger partial charge >= 0.3 is 0 Å². The molecule has 9 heteroatoms. The van der Waals surface area contributed by atoms with Gasteiger partial charge in [-0.15, -0.1) is 0 Å². The molecule has 0 radical (unpaired) electrons. The first kappa shape index (κ1) is 15.7. The average molecular weight is 346 g/mol. The van der Waals surface area contributed by atoms with Crippen LogP contribution in [-0.4, -0.2) is 42.6 Å². The number of nitrogens with zero attached hydrogens (tertiary/aromatic N) is 4. The molecule has 1 aliphatic rings. The fraction of sp³-hybridized carbons (Fsp3) is 0.375. The lowest BCUT2D eigenvalue weighted by Gasteiger charge is -2.28. The molecular weight excluding hydrogens is 330 g/mol. The standard InChI is InChI=1S/C16H16F2N6O/c17-16(18)3-1-11(2-4-16)21-15(25)14-13-10(8-20-23-13)7-12(22-14)24-6-5-19-9-24/h5-9,11H,1-4H2,(H,20,23)(H,21,25). The van der Waals surface area contributed by atoms with Gasteiger partial charge in [0, 0.05) is 36.7 Å².